The van der Waals surface area contributed by atoms with Crippen LogP contribution in [0.2, 0.25) is 0 Å². The van der Waals surface area contributed by atoms with Gasteiger partial charge in [-0.15, -0.1) is 12.6 Å². The Morgan fingerprint density at radius 1 is 1.62 bits per heavy atom. The summed E-state index contributed by atoms with van der Waals surface area (Å²) in [5.74, 6) is -0.401. The van der Waals surface area contributed by atoms with Crippen LogP contribution in [0, 0.1) is 0 Å². The number of nitrogens with one attached hydrogen (secondary N) is 1. The van der Waals surface area contributed by atoms with Crippen LogP contribution in [0.4, 0.5) is 5.69 Å². The van der Waals surface area contributed by atoms with Gasteiger partial charge >= 0.3 is 5.97 Å². The molecule has 0 amide bonds. The zero-order valence-electron chi connectivity index (χ0n) is 6.87. The van der Waals surface area contributed by atoms with Gasteiger partial charge in [0, 0.05) is 16.7 Å². The highest BCUT2D eigenvalue weighted by Gasteiger charge is 2.07. The lowest BCUT2D eigenvalue weighted by molar-refractivity contribution is 0.0600. The number of hydrogen-bond acceptors (Lipinski definition) is 4. The van der Waals surface area contributed by atoms with Crippen LogP contribution >= 0.6 is 24.4 Å². The molecule has 0 aliphatic carbocycles. The molecule has 5 heteroatoms. The lowest BCUT2D eigenvalue weighted by Crippen LogP contribution is -2.01. The van der Waals surface area contributed by atoms with Gasteiger partial charge in [-0.1, -0.05) is 0 Å². The van der Waals surface area contributed by atoms with E-state index in [1.807, 2.05) is 0 Å². The molecular formula is C8H8ClNO2S. The van der Waals surface area contributed by atoms with Crippen LogP contribution in [0.1, 0.15) is 10.4 Å². The Morgan fingerprint density at radius 3 is 2.85 bits per heavy atom. The molecule has 0 saturated carbocycles. The topological polar surface area (TPSA) is 38.3 Å². The molecule has 0 aromatic heterocycles. The standard InChI is InChI=1S/C8H8ClNO2S/c1-12-8(11)5-2-3-7(13)6(4-5)10-9/h2-4,10,13H,1H3. The molecule has 70 valence electrons. The first kappa shape index (κ1) is 10.2. The number of hydrogen-bond donors (Lipinski definition) is 2. The molecule has 13 heavy (non-hydrogen) atoms. The summed E-state index contributed by atoms with van der Waals surface area (Å²) >= 11 is 9.52. The number of thiol groups is 1. The maximum atomic E-state index is 11.1. The highest BCUT2D eigenvalue weighted by Crippen LogP contribution is 2.22. The third kappa shape index (κ3) is 2.29. The van der Waals surface area contributed by atoms with Gasteiger partial charge in [-0.3, -0.25) is 4.84 Å². The highest BCUT2D eigenvalue weighted by atomic mass is 35.5. The SMILES string of the molecule is COC(=O)c1ccc(S)c(NCl)c1. The second-order valence-electron chi connectivity index (χ2n) is 2.32. The molecule has 1 rings (SSSR count). The van der Waals surface area contributed by atoms with E-state index in [1.165, 1.54) is 7.11 Å². The Balaban J connectivity index is 3.06. The minimum Gasteiger partial charge on any atom is -0.465 e. The molecule has 3 nitrogen and oxygen atoms in total. The van der Waals surface area contributed by atoms with E-state index < -0.39 is 5.97 Å². The maximum Gasteiger partial charge on any atom is 0.337 e. The van der Waals surface area contributed by atoms with E-state index >= 15 is 0 Å². The van der Waals surface area contributed by atoms with Gasteiger partial charge in [0.25, 0.3) is 0 Å². The van der Waals surface area contributed by atoms with Crippen molar-refractivity contribution >= 4 is 36.1 Å². The maximum absolute atomic E-state index is 11.1. The molecular weight excluding hydrogens is 210 g/mol. The van der Waals surface area contributed by atoms with Gasteiger partial charge in [-0.25, -0.2) is 4.79 Å². The van der Waals surface area contributed by atoms with Crippen molar-refractivity contribution in [2.45, 2.75) is 4.90 Å². The van der Waals surface area contributed by atoms with Crippen LogP contribution in [-0.2, 0) is 4.74 Å². The number of carbonyl (C=O) groups excluding carboxylic acids is 1. The smallest absolute Gasteiger partial charge is 0.337 e. The van der Waals surface area contributed by atoms with Crippen molar-refractivity contribution in [3.8, 4) is 0 Å². The Morgan fingerprint density at radius 2 is 2.31 bits per heavy atom. The molecule has 0 aliphatic heterocycles. The van der Waals surface area contributed by atoms with Crippen LogP contribution in [0.3, 0.4) is 0 Å². The van der Waals surface area contributed by atoms with Crippen molar-refractivity contribution < 1.29 is 9.53 Å². The van der Waals surface area contributed by atoms with Gasteiger partial charge in [0.2, 0.25) is 0 Å². The third-order valence-corrected chi connectivity index (χ3v) is 2.11. The lowest BCUT2D eigenvalue weighted by Gasteiger charge is -2.04. The number of esters is 1. The summed E-state index contributed by atoms with van der Waals surface area (Å²) in [6, 6.07) is 4.85. The fourth-order valence-electron chi connectivity index (χ4n) is 0.857. The van der Waals surface area contributed by atoms with Gasteiger partial charge < -0.3 is 4.74 Å². The average Bonchev–Trinajstić information content (AvgIpc) is 2.17. The first-order valence-corrected chi connectivity index (χ1v) is 4.29. The molecule has 0 spiro atoms. The number of carbonyl (C=O) groups is 1. The number of rotatable bonds is 2. The van der Waals surface area contributed by atoms with E-state index in [2.05, 4.69) is 22.2 Å². The summed E-state index contributed by atoms with van der Waals surface area (Å²) < 4.78 is 4.54. The summed E-state index contributed by atoms with van der Waals surface area (Å²) in [6.07, 6.45) is 0. The number of anilines is 1. The molecule has 0 radical (unpaired) electrons. The summed E-state index contributed by atoms with van der Waals surface area (Å²) in [7, 11) is 1.32. The van der Waals surface area contributed by atoms with Gasteiger partial charge in [0.1, 0.15) is 0 Å². The van der Waals surface area contributed by atoms with Gasteiger partial charge in [0.15, 0.2) is 0 Å². The van der Waals surface area contributed by atoms with Crippen molar-refractivity contribution in [1.29, 1.82) is 0 Å². The molecule has 0 bridgehead atoms. The summed E-state index contributed by atoms with van der Waals surface area (Å²) in [5.41, 5.74) is 1.01. The number of ether oxygens (including phenoxy) is 1. The van der Waals surface area contributed by atoms with Gasteiger partial charge in [0.05, 0.1) is 18.4 Å². The van der Waals surface area contributed by atoms with E-state index in [9.17, 15) is 4.79 Å². The number of methoxy groups -OCH3 is 1. The average molecular weight is 218 g/mol. The predicted molar refractivity (Wildman–Crippen MR) is 54.5 cm³/mol. The largest absolute Gasteiger partial charge is 0.465 e. The van der Waals surface area contributed by atoms with Crippen molar-refractivity contribution in [3.63, 3.8) is 0 Å². The van der Waals surface area contributed by atoms with Crippen LogP contribution in [-0.4, -0.2) is 13.1 Å². The van der Waals surface area contributed by atoms with E-state index in [4.69, 9.17) is 11.8 Å². The Bertz CT molecular complexity index is 330. The van der Waals surface area contributed by atoms with E-state index in [-0.39, 0.29) is 0 Å². The first-order valence-electron chi connectivity index (χ1n) is 3.47. The minimum atomic E-state index is -0.401. The lowest BCUT2D eigenvalue weighted by atomic mass is 10.2. The molecule has 1 aromatic rings. The Labute approximate surface area is 86.6 Å². The fourth-order valence-corrected chi connectivity index (χ4v) is 1.27. The molecule has 0 atom stereocenters. The van der Waals surface area contributed by atoms with E-state index in [0.29, 0.717) is 16.1 Å². The van der Waals surface area contributed by atoms with Crippen LogP contribution in [0.5, 0.6) is 0 Å². The number of halogens is 1. The minimum absolute atomic E-state index is 0.401. The summed E-state index contributed by atoms with van der Waals surface area (Å²) in [4.78, 5) is 14.1. The summed E-state index contributed by atoms with van der Waals surface area (Å²) in [5, 5.41) is 0. The first-order chi connectivity index (χ1) is 6.19. The molecule has 0 saturated heterocycles. The molecule has 1 N–H and O–H groups in total. The van der Waals surface area contributed by atoms with E-state index in [0.717, 1.165) is 0 Å². The quantitative estimate of drug-likeness (QED) is 0.454. The Hall–Kier alpha value is -0.870. The van der Waals surface area contributed by atoms with Gasteiger partial charge in [-0.2, -0.15) is 0 Å². The third-order valence-electron chi connectivity index (χ3n) is 1.52. The molecule has 0 heterocycles. The van der Waals surface area contributed by atoms with Crippen LogP contribution in [0.25, 0.3) is 0 Å². The molecule has 0 unspecified atom stereocenters. The van der Waals surface area contributed by atoms with E-state index in [1.54, 1.807) is 18.2 Å². The highest BCUT2D eigenvalue weighted by molar-refractivity contribution is 7.80. The van der Waals surface area contributed by atoms with Crippen molar-refractivity contribution in [3.05, 3.63) is 23.8 Å². The van der Waals surface area contributed by atoms with Crippen molar-refractivity contribution in [2.75, 3.05) is 11.9 Å². The van der Waals surface area contributed by atoms with Crippen LogP contribution in [0.15, 0.2) is 23.1 Å². The van der Waals surface area contributed by atoms with Gasteiger partial charge in [-0.05, 0) is 18.2 Å². The molecule has 1 aromatic carbocycles. The van der Waals surface area contributed by atoms with Crippen molar-refractivity contribution in [2.24, 2.45) is 0 Å². The monoisotopic (exact) mass is 217 g/mol. The van der Waals surface area contributed by atoms with Crippen LogP contribution < -0.4 is 4.84 Å². The molecule has 0 fully saturated rings. The predicted octanol–water partition coefficient (Wildman–Crippen LogP) is 2.33. The number of benzene rings is 1. The second-order valence-corrected chi connectivity index (χ2v) is 2.99. The fraction of sp³-hybridized carbons (Fsp3) is 0.125. The molecule has 0 aliphatic rings. The second kappa shape index (κ2) is 4.39. The van der Waals surface area contributed by atoms with Crippen molar-refractivity contribution in [1.82, 2.24) is 0 Å². The normalized spacial score (nSPS) is 9.46. The summed E-state index contributed by atoms with van der Waals surface area (Å²) in [6.45, 7) is 0. The zero-order valence-corrected chi connectivity index (χ0v) is 8.52. The zero-order chi connectivity index (χ0) is 9.84. The Kier molecular flexibility index (Phi) is 3.45.